The van der Waals surface area contributed by atoms with Gasteiger partial charge >= 0.3 is 0 Å². The van der Waals surface area contributed by atoms with E-state index in [2.05, 4.69) is 5.75 Å². The van der Waals surface area contributed by atoms with Gasteiger partial charge in [-0.25, -0.2) is 0 Å². The molecule has 0 bridgehead atoms. The van der Waals surface area contributed by atoms with Crippen molar-refractivity contribution < 1.29 is 0 Å². The first-order valence-corrected chi connectivity index (χ1v) is 6.48. The molecule has 6 heavy (non-hydrogen) atoms. The van der Waals surface area contributed by atoms with E-state index < -0.39 is 0 Å². The topological polar surface area (TPSA) is 0 Å². The average Bonchev–Trinajstić information content (AvgIpc) is 1.72. The van der Waals surface area contributed by atoms with Gasteiger partial charge in [-0.2, -0.15) is 0 Å². The molecule has 0 aliphatic carbocycles. The van der Waals surface area contributed by atoms with Crippen molar-refractivity contribution in [3.05, 3.63) is 5.75 Å². The highest BCUT2D eigenvalue weighted by Crippen LogP contribution is 2.49. The Morgan fingerprint density at radius 2 is 2.33 bits per heavy atom. The fourth-order valence-electron chi connectivity index (χ4n) is 0.147. The lowest BCUT2D eigenvalue weighted by Crippen LogP contribution is -1.69. The molecule has 1 heterocycles. The number of hydrogen-bond donors (Lipinski definition) is 0. The van der Waals surface area contributed by atoms with Gasteiger partial charge in [-0.3, -0.25) is 0 Å². The standard InChI is InChI=1S/C2H3S4/c1-2-4-6-5-3-1/h1H,2H2. The molecule has 0 N–H and O–H groups in total. The Labute approximate surface area is 52.8 Å². The third-order valence-corrected chi connectivity index (χ3v) is 6.45. The van der Waals surface area contributed by atoms with Crippen LogP contribution in [0.3, 0.4) is 0 Å². The van der Waals surface area contributed by atoms with Crippen molar-refractivity contribution in [2.45, 2.75) is 0 Å². The van der Waals surface area contributed by atoms with Crippen LogP contribution in [0.15, 0.2) is 0 Å². The molecule has 1 radical (unpaired) electrons. The fraction of sp³-hybridized carbons (Fsp3) is 0.500. The summed E-state index contributed by atoms with van der Waals surface area (Å²) in [7, 11) is 7.42. The van der Waals surface area contributed by atoms with Gasteiger partial charge in [0, 0.05) is 11.5 Å². The van der Waals surface area contributed by atoms with Crippen molar-refractivity contribution in [2.24, 2.45) is 0 Å². The van der Waals surface area contributed by atoms with Crippen LogP contribution < -0.4 is 0 Å². The molecule has 35 valence electrons. The second-order valence-corrected chi connectivity index (χ2v) is 6.60. The predicted molar refractivity (Wildman–Crippen MR) is 39.5 cm³/mol. The maximum absolute atomic E-state index is 2.21. The Balaban J connectivity index is 2.00. The molecule has 0 atom stereocenters. The summed E-state index contributed by atoms with van der Waals surface area (Å²) in [6, 6.07) is 0. The highest BCUT2D eigenvalue weighted by molar-refractivity contribution is 9.27. The Kier molecular flexibility index (Phi) is 3.14. The summed E-state index contributed by atoms with van der Waals surface area (Å²) in [5.41, 5.74) is 0. The van der Waals surface area contributed by atoms with E-state index in [0.29, 0.717) is 0 Å². The number of rotatable bonds is 0. The van der Waals surface area contributed by atoms with Crippen molar-refractivity contribution in [1.82, 2.24) is 0 Å². The van der Waals surface area contributed by atoms with Gasteiger partial charge in [-0.05, 0) is 19.7 Å². The second-order valence-electron chi connectivity index (χ2n) is 0.683. The summed E-state index contributed by atoms with van der Waals surface area (Å²) < 4.78 is 0. The highest BCUT2D eigenvalue weighted by Gasteiger charge is 1.98. The molecule has 0 nitrogen and oxygen atoms in total. The lowest BCUT2D eigenvalue weighted by Gasteiger charge is -2.02. The van der Waals surface area contributed by atoms with E-state index >= 15 is 0 Å². The Hall–Kier alpha value is 1.40. The van der Waals surface area contributed by atoms with E-state index in [4.69, 9.17) is 0 Å². The minimum atomic E-state index is 1.20. The first kappa shape index (κ1) is 5.54. The Morgan fingerprint density at radius 1 is 1.33 bits per heavy atom. The smallest absolute Gasteiger partial charge is 0.0394 e. The van der Waals surface area contributed by atoms with Crippen LogP contribution in [0, 0.1) is 5.75 Å². The molecular formula is C2H3S4. The zero-order chi connectivity index (χ0) is 4.24. The third-order valence-electron chi connectivity index (χ3n) is 0.319. The lowest BCUT2D eigenvalue weighted by atomic mass is 11.0. The molecule has 1 saturated heterocycles. The summed E-state index contributed by atoms with van der Waals surface area (Å²) in [5, 5.41) is 0. The summed E-state index contributed by atoms with van der Waals surface area (Å²) in [6.45, 7) is 0. The molecule has 0 aromatic carbocycles. The molecule has 1 aliphatic rings. The van der Waals surface area contributed by atoms with E-state index in [1.807, 2.05) is 41.2 Å². The van der Waals surface area contributed by atoms with E-state index in [0.717, 1.165) is 0 Å². The van der Waals surface area contributed by atoms with Gasteiger partial charge in [0.15, 0.2) is 0 Å². The van der Waals surface area contributed by atoms with Crippen molar-refractivity contribution >= 4 is 41.2 Å². The molecule has 4 heteroatoms. The number of hydrogen-bond acceptors (Lipinski definition) is 4. The van der Waals surface area contributed by atoms with Crippen molar-refractivity contribution in [3.63, 3.8) is 0 Å². The largest absolute Gasteiger partial charge is 0.0805 e. The van der Waals surface area contributed by atoms with E-state index in [-0.39, 0.29) is 0 Å². The van der Waals surface area contributed by atoms with Gasteiger partial charge in [0.05, 0.1) is 0 Å². The quantitative estimate of drug-likeness (QED) is 0.493. The van der Waals surface area contributed by atoms with Crippen LogP contribution >= 0.6 is 41.2 Å². The lowest BCUT2D eigenvalue weighted by molar-refractivity contribution is 1.79. The van der Waals surface area contributed by atoms with Crippen LogP contribution in [0.1, 0.15) is 0 Å². The molecule has 0 spiro atoms. The molecular weight excluding hydrogens is 152 g/mol. The molecule has 0 aromatic rings. The zero-order valence-corrected chi connectivity index (χ0v) is 6.18. The SMILES string of the molecule is [CH]1CSSSS1. The van der Waals surface area contributed by atoms with E-state index in [9.17, 15) is 0 Å². The molecule has 0 saturated carbocycles. The van der Waals surface area contributed by atoms with E-state index in [1.165, 1.54) is 5.75 Å². The predicted octanol–water partition coefficient (Wildman–Crippen LogP) is 2.84. The Bertz CT molecular complexity index is 21.0. The van der Waals surface area contributed by atoms with E-state index in [1.54, 1.807) is 0 Å². The van der Waals surface area contributed by atoms with Gasteiger partial charge in [0.1, 0.15) is 0 Å². The van der Waals surface area contributed by atoms with Crippen LogP contribution in [-0.2, 0) is 0 Å². The summed E-state index contributed by atoms with van der Waals surface area (Å²) in [5.74, 6) is 3.41. The minimum absolute atomic E-state index is 1.20. The fourth-order valence-corrected chi connectivity index (χ4v) is 5.89. The normalized spacial score (nSPS) is 24.0. The van der Waals surface area contributed by atoms with Crippen LogP contribution in [0.2, 0.25) is 0 Å². The molecule has 1 aliphatic heterocycles. The molecule has 1 rings (SSSR count). The van der Waals surface area contributed by atoms with Crippen LogP contribution in [0.5, 0.6) is 0 Å². The molecule has 1 fully saturated rings. The monoisotopic (exact) mass is 155 g/mol. The Morgan fingerprint density at radius 3 is 2.50 bits per heavy atom. The van der Waals surface area contributed by atoms with Crippen LogP contribution in [0.4, 0.5) is 0 Å². The maximum Gasteiger partial charge on any atom is 0.0394 e. The average molecular weight is 155 g/mol. The molecule has 0 aromatic heterocycles. The van der Waals surface area contributed by atoms with Gasteiger partial charge < -0.3 is 0 Å². The third kappa shape index (κ3) is 1.91. The zero-order valence-electron chi connectivity index (χ0n) is 2.92. The van der Waals surface area contributed by atoms with Crippen LogP contribution in [-0.4, -0.2) is 5.75 Å². The second kappa shape index (κ2) is 3.41. The van der Waals surface area contributed by atoms with Gasteiger partial charge in [-0.1, -0.05) is 21.6 Å². The summed E-state index contributed by atoms with van der Waals surface area (Å²) >= 11 is 0. The van der Waals surface area contributed by atoms with Gasteiger partial charge in [-0.15, -0.1) is 0 Å². The molecule has 0 amide bonds. The van der Waals surface area contributed by atoms with Crippen molar-refractivity contribution in [2.75, 3.05) is 5.75 Å². The highest BCUT2D eigenvalue weighted by atomic mass is 33.7. The van der Waals surface area contributed by atoms with Gasteiger partial charge in [0.25, 0.3) is 0 Å². The molecule has 0 unspecified atom stereocenters. The summed E-state index contributed by atoms with van der Waals surface area (Å²) in [4.78, 5) is 0. The summed E-state index contributed by atoms with van der Waals surface area (Å²) in [6.07, 6.45) is 0. The minimum Gasteiger partial charge on any atom is -0.0805 e. The van der Waals surface area contributed by atoms with Gasteiger partial charge in [0.2, 0.25) is 0 Å². The van der Waals surface area contributed by atoms with Crippen LogP contribution in [0.25, 0.3) is 0 Å². The maximum atomic E-state index is 2.21. The van der Waals surface area contributed by atoms with Crippen molar-refractivity contribution in [3.8, 4) is 0 Å². The van der Waals surface area contributed by atoms with Crippen molar-refractivity contribution in [1.29, 1.82) is 0 Å². The first-order chi connectivity index (χ1) is 3.00. The first-order valence-electron chi connectivity index (χ1n) is 1.43.